The molecular weight excluding hydrogens is 387 g/mol. The van der Waals surface area contributed by atoms with E-state index in [0.29, 0.717) is 17.9 Å². The highest BCUT2D eigenvalue weighted by atomic mass is 19.2. The Balaban J connectivity index is 1.87. The van der Waals surface area contributed by atoms with E-state index in [1.807, 2.05) is 0 Å². The number of likely N-dealkylation sites (tertiary alicyclic amines) is 1. The number of benzene rings is 2. The van der Waals surface area contributed by atoms with E-state index in [0.717, 1.165) is 5.56 Å². The molecule has 3 rings (SSSR count). The number of carbonyl (C=O) groups excluding carboxylic acids is 2. The maximum atomic E-state index is 14.3. The summed E-state index contributed by atoms with van der Waals surface area (Å²) in [6, 6.07) is 8.22. The summed E-state index contributed by atoms with van der Waals surface area (Å²) in [4.78, 5) is 26.5. The molecule has 154 valence electrons. The number of carbonyl (C=O) groups is 2. The lowest BCUT2D eigenvalue weighted by molar-refractivity contribution is -0.152. The van der Waals surface area contributed by atoms with Gasteiger partial charge in [0.1, 0.15) is 11.6 Å². The van der Waals surface area contributed by atoms with Gasteiger partial charge in [0, 0.05) is 31.5 Å². The van der Waals surface area contributed by atoms with Crippen LogP contribution in [0.5, 0.6) is 5.75 Å². The van der Waals surface area contributed by atoms with Crippen LogP contribution >= 0.6 is 0 Å². The van der Waals surface area contributed by atoms with Gasteiger partial charge in [0.25, 0.3) is 0 Å². The molecule has 2 aromatic carbocycles. The lowest BCUT2D eigenvalue weighted by Gasteiger charge is -2.37. The molecule has 0 spiro atoms. The Morgan fingerprint density at radius 3 is 2.34 bits per heavy atom. The number of amides is 1. The Morgan fingerprint density at radius 1 is 1.07 bits per heavy atom. The van der Waals surface area contributed by atoms with E-state index in [1.54, 1.807) is 31.4 Å². The third-order valence-electron chi connectivity index (χ3n) is 5.13. The Labute approximate surface area is 166 Å². The number of halogens is 3. The SMILES string of the molecule is COC(=O)[C@@H]1CN(Cc2ccc(OC)cc2)C(=O)CC1c1cc(F)c(F)cc1F. The largest absolute Gasteiger partial charge is 0.497 e. The summed E-state index contributed by atoms with van der Waals surface area (Å²) < 4.78 is 51.2. The standard InChI is InChI=1S/C21H20F3NO4/c1-28-13-5-3-12(4-6-13)10-25-11-16(21(27)29-2)14(8-20(25)26)15-7-18(23)19(24)9-17(15)22/h3-7,9,14,16H,8,10-11H2,1-2H3/t14?,16-/m1/s1. The van der Waals surface area contributed by atoms with E-state index in [4.69, 9.17) is 9.47 Å². The summed E-state index contributed by atoms with van der Waals surface area (Å²) in [6.07, 6.45) is -0.224. The molecule has 1 unspecified atom stereocenters. The van der Waals surface area contributed by atoms with E-state index in [-0.39, 0.29) is 31.0 Å². The molecule has 1 heterocycles. The topological polar surface area (TPSA) is 55.8 Å². The monoisotopic (exact) mass is 407 g/mol. The van der Waals surface area contributed by atoms with Gasteiger partial charge in [-0.05, 0) is 29.3 Å². The van der Waals surface area contributed by atoms with Gasteiger partial charge >= 0.3 is 5.97 Å². The molecule has 0 radical (unpaired) electrons. The van der Waals surface area contributed by atoms with E-state index in [2.05, 4.69) is 0 Å². The van der Waals surface area contributed by atoms with Crippen LogP contribution in [0.15, 0.2) is 36.4 Å². The highest BCUT2D eigenvalue weighted by molar-refractivity contribution is 5.83. The van der Waals surface area contributed by atoms with Gasteiger partial charge < -0.3 is 14.4 Å². The van der Waals surface area contributed by atoms with Gasteiger partial charge in [-0.3, -0.25) is 9.59 Å². The van der Waals surface area contributed by atoms with Crippen LogP contribution in [-0.4, -0.2) is 37.5 Å². The molecule has 1 aliphatic rings. The minimum absolute atomic E-state index is 0.0271. The first-order valence-electron chi connectivity index (χ1n) is 8.97. The zero-order chi connectivity index (χ0) is 21.1. The quantitative estimate of drug-likeness (QED) is 0.563. The Kier molecular flexibility index (Phi) is 6.10. The van der Waals surface area contributed by atoms with Crippen molar-refractivity contribution in [3.05, 3.63) is 65.0 Å². The molecule has 1 fully saturated rings. The summed E-state index contributed by atoms with van der Waals surface area (Å²) in [7, 11) is 2.73. The van der Waals surface area contributed by atoms with Crippen molar-refractivity contribution in [1.29, 1.82) is 0 Å². The van der Waals surface area contributed by atoms with Crippen LogP contribution in [0.4, 0.5) is 13.2 Å². The van der Waals surface area contributed by atoms with Gasteiger partial charge in [-0.2, -0.15) is 0 Å². The van der Waals surface area contributed by atoms with E-state index in [9.17, 15) is 22.8 Å². The van der Waals surface area contributed by atoms with Crippen LogP contribution in [0.1, 0.15) is 23.5 Å². The van der Waals surface area contributed by atoms with Crippen LogP contribution in [0.2, 0.25) is 0 Å². The van der Waals surface area contributed by atoms with Crippen LogP contribution in [-0.2, 0) is 20.9 Å². The number of hydrogen-bond acceptors (Lipinski definition) is 4. The van der Waals surface area contributed by atoms with Gasteiger partial charge in [0.15, 0.2) is 11.6 Å². The second-order valence-corrected chi connectivity index (χ2v) is 6.85. The van der Waals surface area contributed by atoms with Gasteiger partial charge in [-0.25, -0.2) is 13.2 Å². The maximum absolute atomic E-state index is 14.3. The lowest BCUT2D eigenvalue weighted by atomic mass is 9.79. The number of hydrogen-bond donors (Lipinski definition) is 0. The molecule has 5 nitrogen and oxygen atoms in total. The third kappa shape index (κ3) is 4.36. The fourth-order valence-electron chi connectivity index (χ4n) is 3.57. The zero-order valence-corrected chi connectivity index (χ0v) is 16.0. The van der Waals surface area contributed by atoms with Crippen molar-refractivity contribution < 1.29 is 32.2 Å². The van der Waals surface area contributed by atoms with Crippen molar-refractivity contribution in [2.75, 3.05) is 20.8 Å². The van der Waals surface area contributed by atoms with Gasteiger partial charge in [0.05, 0.1) is 20.1 Å². The second kappa shape index (κ2) is 8.55. The lowest BCUT2D eigenvalue weighted by Crippen LogP contribution is -2.46. The van der Waals surface area contributed by atoms with Crippen molar-refractivity contribution in [1.82, 2.24) is 4.90 Å². The molecule has 0 aliphatic carbocycles. The third-order valence-corrected chi connectivity index (χ3v) is 5.13. The average molecular weight is 407 g/mol. The van der Waals surface area contributed by atoms with Crippen molar-refractivity contribution >= 4 is 11.9 Å². The number of esters is 1. The first kappa shape index (κ1) is 20.7. The number of piperidine rings is 1. The normalized spacial score (nSPS) is 19.2. The zero-order valence-electron chi connectivity index (χ0n) is 16.0. The molecule has 1 aliphatic heterocycles. The van der Waals surface area contributed by atoms with Gasteiger partial charge in [0.2, 0.25) is 5.91 Å². The number of nitrogens with zero attached hydrogens (tertiary/aromatic N) is 1. The van der Waals surface area contributed by atoms with E-state index < -0.39 is 35.3 Å². The molecule has 29 heavy (non-hydrogen) atoms. The molecule has 0 aromatic heterocycles. The summed E-state index contributed by atoms with van der Waals surface area (Å²) in [5, 5.41) is 0. The minimum Gasteiger partial charge on any atom is -0.497 e. The molecule has 0 bridgehead atoms. The first-order valence-corrected chi connectivity index (χ1v) is 8.97. The van der Waals surface area contributed by atoms with E-state index in [1.165, 1.54) is 12.0 Å². The molecule has 2 atom stereocenters. The van der Waals surface area contributed by atoms with Crippen molar-refractivity contribution in [3.8, 4) is 5.75 Å². The molecule has 0 saturated carbocycles. The second-order valence-electron chi connectivity index (χ2n) is 6.85. The summed E-state index contributed by atoms with van der Waals surface area (Å²) >= 11 is 0. The van der Waals surface area contributed by atoms with Crippen LogP contribution in [0.25, 0.3) is 0 Å². The van der Waals surface area contributed by atoms with Crippen molar-refractivity contribution in [2.24, 2.45) is 5.92 Å². The Bertz CT molecular complexity index is 917. The van der Waals surface area contributed by atoms with E-state index >= 15 is 0 Å². The molecule has 2 aromatic rings. The highest BCUT2D eigenvalue weighted by Gasteiger charge is 2.41. The molecule has 8 heteroatoms. The highest BCUT2D eigenvalue weighted by Crippen LogP contribution is 2.37. The van der Waals surface area contributed by atoms with Gasteiger partial charge in [-0.15, -0.1) is 0 Å². The first-order chi connectivity index (χ1) is 13.8. The fourth-order valence-corrected chi connectivity index (χ4v) is 3.57. The predicted molar refractivity (Wildman–Crippen MR) is 97.6 cm³/mol. The summed E-state index contributed by atoms with van der Waals surface area (Å²) in [6.45, 7) is 0.212. The average Bonchev–Trinajstić information content (AvgIpc) is 2.72. The number of rotatable bonds is 5. The Hall–Kier alpha value is -3.03. The maximum Gasteiger partial charge on any atom is 0.311 e. The number of methoxy groups -OCH3 is 2. The number of ether oxygens (including phenoxy) is 2. The predicted octanol–water partition coefficient (Wildman–Crippen LogP) is 3.42. The summed E-state index contributed by atoms with van der Waals surface area (Å²) in [5.41, 5.74) is 0.608. The van der Waals surface area contributed by atoms with Crippen LogP contribution in [0.3, 0.4) is 0 Å². The fraction of sp³-hybridized carbons (Fsp3) is 0.333. The van der Waals surface area contributed by atoms with Crippen LogP contribution in [0, 0.1) is 23.4 Å². The minimum atomic E-state index is -1.33. The van der Waals surface area contributed by atoms with Gasteiger partial charge in [-0.1, -0.05) is 12.1 Å². The smallest absolute Gasteiger partial charge is 0.311 e. The van der Waals surface area contributed by atoms with Crippen molar-refractivity contribution in [3.63, 3.8) is 0 Å². The summed E-state index contributed by atoms with van der Waals surface area (Å²) in [5.74, 6) is -5.73. The molecule has 1 saturated heterocycles. The van der Waals surface area contributed by atoms with Crippen molar-refractivity contribution in [2.45, 2.75) is 18.9 Å². The molecule has 1 amide bonds. The van der Waals surface area contributed by atoms with Crippen LogP contribution < -0.4 is 4.74 Å². The molecular formula is C21H20F3NO4. The molecule has 0 N–H and O–H groups in total. The Morgan fingerprint density at radius 2 is 1.72 bits per heavy atom.